The number of nitrogens with zero attached hydrogens (tertiary/aromatic N) is 2. The van der Waals surface area contributed by atoms with Crippen LogP contribution in [0.25, 0.3) is 0 Å². The molecule has 1 heterocycles. The van der Waals surface area contributed by atoms with Gasteiger partial charge in [0.2, 0.25) is 5.88 Å². The molecule has 0 amide bonds. The van der Waals surface area contributed by atoms with E-state index >= 15 is 0 Å². The van der Waals surface area contributed by atoms with Crippen molar-refractivity contribution in [2.45, 2.75) is 26.8 Å². The molecular formula is C12H21N3O2. The normalized spacial score (nSPS) is 12.5. The average molecular weight is 239 g/mol. The number of rotatable bonds is 7. The lowest BCUT2D eigenvalue weighted by Gasteiger charge is -2.22. The van der Waals surface area contributed by atoms with Crippen molar-refractivity contribution in [3.05, 3.63) is 12.4 Å². The van der Waals surface area contributed by atoms with Gasteiger partial charge in [0.05, 0.1) is 19.8 Å². The maximum atomic E-state index is 5.45. The highest BCUT2D eigenvalue weighted by Gasteiger charge is 2.14. The van der Waals surface area contributed by atoms with E-state index in [1.54, 1.807) is 13.2 Å². The van der Waals surface area contributed by atoms with Crippen LogP contribution < -0.4 is 10.1 Å². The van der Waals surface area contributed by atoms with E-state index in [-0.39, 0.29) is 6.04 Å². The molecule has 96 valence electrons. The molecule has 0 saturated heterocycles. The number of ether oxygens (including phenoxy) is 2. The Hall–Kier alpha value is -1.36. The Kier molecular flexibility index (Phi) is 5.69. The third-order valence-corrected chi connectivity index (χ3v) is 2.49. The first-order valence-electron chi connectivity index (χ1n) is 5.87. The lowest BCUT2D eigenvalue weighted by atomic mass is 10.1. The smallest absolute Gasteiger partial charge is 0.218 e. The Morgan fingerprint density at radius 3 is 2.71 bits per heavy atom. The molecule has 0 bridgehead atoms. The van der Waals surface area contributed by atoms with Gasteiger partial charge in [0.25, 0.3) is 0 Å². The van der Waals surface area contributed by atoms with Gasteiger partial charge in [0.15, 0.2) is 0 Å². The average Bonchev–Trinajstić information content (AvgIpc) is 2.34. The number of aromatic nitrogens is 2. The Bertz CT molecular complexity index is 331. The van der Waals surface area contributed by atoms with Crippen LogP contribution in [0, 0.1) is 5.92 Å². The molecule has 1 rings (SSSR count). The number of methoxy groups -OCH3 is 1. The quantitative estimate of drug-likeness (QED) is 0.788. The minimum absolute atomic E-state index is 0.231. The van der Waals surface area contributed by atoms with Crippen molar-refractivity contribution < 1.29 is 9.47 Å². The van der Waals surface area contributed by atoms with Crippen LogP contribution in [-0.2, 0) is 4.74 Å². The van der Waals surface area contributed by atoms with Crippen LogP contribution in [0.2, 0.25) is 0 Å². The monoisotopic (exact) mass is 239 g/mol. The second-order valence-corrected chi connectivity index (χ2v) is 4.10. The van der Waals surface area contributed by atoms with Gasteiger partial charge in [-0.25, -0.2) is 9.97 Å². The predicted octanol–water partition coefficient (Wildman–Crippen LogP) is 1.96. The summed E-state index contributed by atoms with van der Waals surface area (Å²) < 4.78 is 10.5. The Balaban J connectivity index is 2.64. The number of hydrogen-bond donors (Lipinski definition) is 1. The lowest BCUT2D eigenvalue weighted by molar-refractivity contribution is 0.126. The largest absolute Gasteiger partial charge is 0.481 e. The van der Waals surface area contributed by atoms with Crippen molar-refractivity contribution in [3.63, 3.8) is 0 Å². The highest BCUT2D eigenvalue weighted by molar-refractivity contribution is 5.38. The van der Waals surface area contributed by atoms with E-state index < -0.39 is 0 Å². The molecule has 0 fully saturated rings. The zero-order valence-electron chi connectivity index (χ0n) is 10.9. The molecular weight excluding hydrogens is 218 g/mol. The lowest BCUT2D eigenvalue weighted by Crippen LogP contribution is -2.31. The van der Waals surface area contributed by atoms with E-state index in [2.05, 4.69) is 29.1 Å². The van der Waals surface area contributed by atoms with Gasteiger partial charge in [-0.15, -0.1) is 0 Å². The molecule has 1 aromatic heterocycles. The Morgan fingerprint density at radius 1 is 1.35 bits per heavy atom. The minimum atomic E-state index is 0.231. The fourth-order valence-electron chi connectivity index (χ4n) is 1.37. The van der Waals surface area contributed by atoms with Crippen molar-refractivity contribution >= 4 is 5.82 Å². The fraction of sp³-hybridized carbons (Fsp3) is 0.667. The van der Waals surface area contributed by atoms with Crippen LogP contribution >= 0.6 is 0 Å². The highest BCUT2D eigenvalue weighted by atomic mass is 16.5. The molecule has 1 aromatic rings. The second-order valence-electron chi connectivity index (χ2n) is 4.10. The van der Waals surface area contributed by atoms with Crippen LogP contribution in [0.15, 0.2) is 12.4 Å². The molecule has 1 atom stereocenters. The number of anilines is 1. The molecule has 5 nitrogen and oxygen atoms in total. The maximum Gasteiger partial charge on any atom is 0.218 e. The van der Waals surface area contributed by atoms with Crippen molar-refractivity contribution in [2.24, 2.45) is 5.92 Å². The number of nitrogens with one attached hydrogen (secondary N) is 1. The molecule has 17 heavy (non-hydrogen) atoms. The first-order valence-corrected chi connectivity index (χ1v) is 5.87. The summed E-state index contributed by atoms with van der Waals surface area (Å²) in [5.74, 6) is 1.78. The summed E-state index contributed by atoms with van der Waals surface area (Å²) in [7, 11) is 1.59. The predicted molar refractivity (Wildman–Crippen MR) is 67.3 cm³/mol. The molecule has 0 aliphatic rings. The van der Waals surface area contributed by atoms with Gasteiger partial charge in [-0.2, -0.15) is 0 Å². The molecule has 0 radical (unpaired) electrons. The summed E-state index contributed by atoms with van der Waals surface area (Å²) in [5, 5.41) is 3.33. The topological polar surface area (TPSA) is 56.3 Å². The fourth-order valence-corrected chi connectivity index (χ4v) is 1.37. The first-order chi connectivity index (χ1) is 8.17. The van der Waals surface area contributed by atoms with Crippen LogP contribution in [-0.4, -0.2) is 36.3 Å². The molecule has 0 saturated carbocycles. The van der Waals surface area contributed by atoms with E-state index in [9.17, 15) is 0 Å². The zero-order chi connectivity index (χ0) is 12.7. The third kappa shape index (κ3) is 4.56. The number of hydrogen-bond acceptors (Lipinski definition) is 5. The summed E-state index contributed by atoms with van der Waals surface area (Å²) in [6, 6.07) is 2.01. The zero-order valence-corrected chi connectivity index (χ0v) is 10.9. The van der Waals surface area contributed by atoms with E-state index in [0.717, 1.165) is 12.4 Å². The molecule has 0 aliphatic carbocycles. The van der Waals surface area contributed by atoms with Crippen LogP contribution in [0.4, 0.5) is 5.82 Å². The maximum absolute atomic E-state index is 5.45. The standard InChI is InChI=1S/C12H21N3O2/c1-5-17-7-10(9(2)3)15-11-6-12(16-4)14-8-13-11/h6,8-10H,5,7H2,1-4H3,(H,13,14,15). The van der Waals surface area contributed by atoms with Crippen molar-refractivity contribution in [1.29, 1.82) is 0 Å². The Morgan fingerprint density at radius 2 is 2.12 bits per heavy atom. The molecule has 1 N–H and O–H groups in total. The molecule has 1 unspecified atom stereocenters. The van der Waals surface area contributed by atoms with Gasteiger partial charge in [-0.3, -0.25) is 0 Å². The van der Waals surface area contributed by atoms with Crippen LogP contribution in [0.1, 0.15) is 20.8 Å². The third-order valence-electron chi connectivity index (χ3n) is 2.49. The van der Waals surface area contributed by atoms with Crippen molar-refractivity contribution in [1.82, 2.24) is 9.97 Å². The molecule has 0 aromatic carbocycles. The van der Waals surface area contributed by atoms with Crippen LogP contribution in [0.3, 0.4) is 0 Å². The van der Waals surface area contributed by atoms with Crippen LogP contribution in [0.5, 0.6) is 5.88 Å². The van der Waals surface area contributed by atoms with Crippen molar-refractivity contribution in [3.8, 4) is 5.88 Å². The van der Waals surface area contributed by atoms with Gasteiger partial charge in [0.1, 0.15) is 12.1 Å². The SMILES string of the molecule is CCOCC(Nc1cc(OC)ncn1)C(C)C. The summed E-state index contributed by atoms with van der Waals surface area (Å²) in [4.78, 5) is 8.13. The van der Waals surface area contributed by atoms with E-state index in [4.69, 9.17) is 9.47 Å². The van der Waals surface area contributed by atoms with E-state index in [1.807, 2.05) is 6.92 Å². The van der Waals surface area contributed by atoms with Crippen molar-refractivity contribution in [2.75, 3.05) is 25.6 Å². The van der Waals surface area contributed by atoms with Gasteiger partial charge in [-0.1, -0.05) is 13.8 Å². The summed E-state index contributed by atoms with van der Waals surface area (Å²) >= 11 is 0. The molecule has 5 heteroatoms. The summed E-state index contributed by atoms with van der Waals surface area (Å²) in [6.45, 7) is 7.67. The minimum Gasteiger partial charge on any atom is -0.481 e. The molecule has 0 aliphatic heterocycles. The first kappa shape index (κ1) is 13.7. The van der Waals surface area contributed by atoms with Gasteiger partial charge in [-0.05, 0) is 12.8 Å². The highest BCUT2D eigenvalue weighted by Crippen LogP contribution is 2.14. The Labute approximate surface area is 103 Å². The summed E-state index contributed by atoms with van der Waals surface area (Å²) in [6.07, 6.45) is 1.49. The van der Waals surface area contributed by atoms with E-state index in [0.29, 0.717) is 18.4 Å². The summed E-state index contributed by atoms with van der Waals surface area (Å²) in [5.41, 5.74) is 0. The van der Waals surface area contributed by atoms with Gasteiger partial charge < -0.3 is 14.8 Å². The van der Waals surface area contributed by atoms with Gasteiger partial charge in [0, 0.05) is 12.7 Å². The second kappa shape index (κ2) is 7.06. The van der Waals surface area contributed by atoms with E-state index in [1.165, 1.54) is 6.33 Å². The van der Waals surface area contributed by atoms with Gasteiger partial charge >= 0.3 is 0 Å². The molecule has 0 spiro atoms.